The first-order chi connectivity index (χ1) is 8.68. The lowest BCUT2D eigenvalue weighted by Crippen LogP contribution is -2.00. The highest BCUT2D eigenvalue weighted by molar-refractivity contribution is 9.10. The lowest BCUT2D eigenvalue weighted by Gasteiger charge is -1.99. The number of aryl methyl sites for hydroxylation is 1. The summed E-state index contributed by atoms with van der Waals surface area (Å²) in [7, 11) is 0. The maximum atomic E-state index is 12.4. The van der Waals surface area contributed by atoms with Crippen LogP contribution in [0.4, 0.5) is 0 Å². The monoisotopic (exact) mass is 303 g/mol. The van der Waals surface area contributed by atoms with Gasteiger partial charge in [-0.3, -0.25) is 4.79 Å². The van der Waals surface area contributed by atoms with E-state index in [1.807, 2.05) is 25.1 Å². The Morgan fingerprint density at radius 3 is 2.89 bits per heavy atom. The van der Waals surface area contributed by atoms with E-state index in [-0.39, 0.29) is 5.78 Å². The molecule has 90 valence electrons. The first-order valence-corrected chi connectivity index (χ1v) is 6.32. The molecular formula is C14H10BrNO2. The molecule has 4 heteroatoms. The number of hydrogen-bond acceptors (Lipinski definition) is 2. The van der Waals surface area contributed by atoms with Crippen molar-refractivity contribution < 1.29 is 9.21 Å². The van der Waals surface area contributed by atoms with E-state index >= 15 is 0 Å². The summed E-state index contributed by atoms with van der Waals surface area (Å²) >= 11 is 3.47. The van der Waals surface area contributed by atoms with E-state index in [9.17, 15) is 4.79 Å². The molecule has 2 heterocycles. The highest BCUT2D eigenvalue weighted by Crippen LogP contribution is 2.29. The molecule has 0 saturated heterocycles. The van der Waals surface area contributed by atoms with Crippen LogP contribution in [0.2, 0.25) is 0 Å². The molecule has 3 rings (SSSR count). The molecular weight excluding hydrogens is 294 g/mol. The Bertz CT molecular complexity index is 739. The summed E-state index contributed by atoms with van der Waals surface area (Å²) in [6.45, 7) is 1.86. The van der Waals surface area contributed by atoms with Crippen molar-refractivity contribution in [2.75, 3.05) is 0 Å². The number of fused-ring (bicyclic) bond motifs is 1. The smallest absolute Gasteiger partial charge is 0.230 e. The van der Waals surface area contributed by atoms with E-state index in [0.29, 0.717) is 11.3 Å². The second-order valence-corrected chi connectivity index (χ2v) is 4.98. The van der Waals surface area contributed by atoms with Gasteiger partial charge < -0.3 is 9.40 Å². The Hall–Kier alpha value is -1.81. The lowest BCUT2D eigenvalue weighted by atomic mass is 10.1. The van der Waals surface area contributed by atoms with Crippen LogP contribution in [0.3, 0.4) is 0 Å². The molecule has 3 aromatic rings. The largest absolute Gasteiger partial charge is 0.461 e. The van der Waals surface area contributed by atoms with Gasteiger partial charge in [-0.25, -0.2) is 0 Å². The van der Waals surface area contributed by atoms with Crippen molar-refractivity contribution in [2.45, 2.75) is 6.92 Å². The van der Waals surface area contributed by atoms with E-state index in [4.69, 9.17) is 4.42 Å². The van der Waals surface area contributed by atoms with Gasteiger partial charge >= 0.3 is 0 Å². The standard InChI is InChI=1S/C14H10BrNO2/c1-8-5-6-18-14(8)13(17)9-7-16-11-4-2-3-10(15)12(9)11/h2-7,16H,1H3. The predicted octanol–water partition coefficient (Wildman–Crippen LogP) is 4.06. The number of rotatable bonds is 2. The van der Waals surface area contributed by atoms with Gasteiger partial charge in [-0.2, -0.15) is 0 Å². The second-order valence-electron chi connectivity index (χ2n) is 4.13. The summed E-state index contributed by atoms with van der Waals surface area (Å²) in [5.74, 6) is 0.294. The van der Waals surface area contributed by atoms with Crippen molar-refractivity contribution in [3.8, 4) is 0 Å². The first kappa shape index (κ1) is 11.3. The van der Waals surface area contributed by atoms with E-state index in [2.05, 4.69) is 20.9 Å². The topological polar surface area (TPSA) is 46.0 Å². The van der Waals surface area contributed by atoms with Crippen molar-refractivity contribution in [3.63, 3.8) is 0 Å². The SMILES string of the molecule is Cc1ccoc1C(=O)c1c[nH]c2cccc(Br)c12. The molecule has 0 spiro atoms. The third kappa shape index (κ3) is 1.61. The maximum Gasteiger partial charge on any atom is 0.230 e. The molecule has 2 aromatic heterocycles. The number of carbonyl (C=O) groups excluding carboxylic acids is 1. The minimum absolute atomic E-state index is 0.101. The minimum atomic E-state index is -0.101. The molecule has 0 aliphatic rings. The number of ketones is 1. The van der Waals surface area contributed by atoms with Gasteiger partial charge in [0, 0.05) is 21.6 Å². The Balaban J connectivity index is 2.22. The van der Waals surface area contributed by atoms with Gasteiger partial charge in [-0.05, 0) is 30.7 Å². The van der Waals surface area contributed by atoms with Crippen molar-refractivity contribution >= 4 is 32.6 Å². The highest BCUT2D eigenvalue weighted by atomic mass is 79.9. The zero-order valence-corrected chi connectivity index (χ0v) is 11.2. The fraction of sp³-hybridized carbons (Fsp3) is 0.0714. The van der Waals surface area contributed by atoms with Gasteiger partial charge in [0.05, 0.1) is 11.8 Å². The molecule has 0 aliphatic carbocycles. The number of nitrogens with one attached hydrogen (secondary N) is 1. The molecule has 0 atom stereocenters. The van der Waals surface area contributed by atoms with Crippen LogP contribution in [0.25, 0.3) is 10.9 Å². The second kappa shape index (κ2) is 4.14. The molecule has 0 saturated carbocycles. The number of hydrogen-bond donors (Lipinski definition) is 1. The summed E-state index contributed by atoms with van der Waals surface area (Å²) in [6.07, 6.45) is 3.26. The van der Waals surface area contributed by atoms with E-state index in [1.54, 1.807) is 12.3 Å². The van der Waals surface area contributed by atoms with Crippen molar-refractivity contribution in [1.82, 2.24) is 4.98 Å². The van der Waals surface area contributed by atoms with Gasteiger partial charge in [-0.1, -0.05) is 22.0 Å². The van der Waals surface area contributed by atoms with Crippen LogP contribution in [-0.4, -0.2) is 10.8 Å². The maximum absolute atomic E-state index is 12.4. The lowest BCUT2D eigenvalue weighted by molar-refractivity contribution is 0.101. The first-order valence-electron chi connectivity index (χ1n) is 5.53. The quantitative estimate of drug-likeness (QED) is 0.726. The van der Waals surface area contributed by atoms with Gasteiger partial charge in [0.15, 0.2) is 5.76 Å². The predicted molar refractivity (Wildman–Crippen MR) is 72.9 cm³/mol. The Morgan fingerprint density at radius 2 is 2.17 bits per heavy atom. The molecule has 0 radical (unpaired) electrons. The van der Waals surface area contributed by atoms with Gasteiger partial charge in [0.25, 0.3) is 0 Å². The number of furan rings is 1. The third-order valence-electron chi connectivity index (χ3n) is 2.97. The summed E-state index contributed by atoms with van der Waals surface area (Å²) < 4.78 is 6.16. The fourth-order valence-corrected chi connectivity index (χ4v) is 2.63. The molecule has 18 heavy (non-hydrogen) atoms. The number of benzene rings is 1. The molecule has 0 fully saturated rings. The van der Waals surface area contributed by atoms with E-state index < -0.39 is 0 Å². The Kier molecular flexibility index (Phi) is 2.59. The zero-order valence-electron chi connectivity index (χ0n) is 9.66. The fourth-order valence-electron chi connectivity index (χ4n) is 2.05. The average molecular weight is 304 g/mol. The van der Waals surface area contributed by atoms with Crippen molar-refractivity contribution in [1.29, 1.82) is 0 Å². The van der Waals surface area contributed by atoms with Gasteiger partial charge in [-0.15, -0.1) is 0 Å². The molecule has 0 unspecified atom stereocenters. The number of halogens is 1. The summed E-state index contributed by atoms with van der Waals surface area (Å²) in [6, 6.07) is 7.57. The molecule has 0 amide bonds. The molecule has 1 N–H and O–H groups in total. The normalized spacial score (nSPS) is 11.0. The van der Waals surface area contributed by atoms with E-state index in [0.717, 1.165) is 20.9 Å². The minimum Gasteiger partial charge on any atom is -0.461 e. The number of aromatic nitrogens is 1. The van der Waals surface area contributed by atoms with Gasteiger partial charge in [0.1, 0.15) is 0 Å². The van der Waals surface area contributed by atoms with Crippen LogP contribution < -0.4 is 0 Å². The van der Waals surface area contributed by atoms with Crippen LogP contribution in [0.1, 0.15) is 21.7 Å². The van der Waals surface area contributed by atoms with Crippen LogP contribution >= 0.6 is 15.9 Å². The molecule has 0 bridgehead atoms. The zero-order chi connectivity index (χ0) is 12.7. The molecule has 0 aliphatic heterocycles. The van der Waals surface area contributed by atoms with Crippen molar-refractivity contribution in [3.05, 3.63) is 58.1 Å². The number of H-pyrrole nitrogens is 1. The molecule has 1 aromatic carbocycles. The van der Waals surface area contributed by atoms with Crippen LogP contribution in [0, 0.1) is 6.92 Å². The van der Waals surface area contributed by atoms with E-state index in [1.165, 1.54) is 6.26 Å². The Labute approximate surface area is 112 Å². The number of carbonyl (C=O) groups is 1. The third-order valence-corrected chi connectivity index (χ3v) is 3.63. The van der Waals surface area contributed by atoms with Gasteiger partial charge in [0.2, 0.25) is 5.78 Å². The summed E-state index contributed by atoms with van der Waals surface area (Å²) in [5.41, 5.74) is 2.40. The Morgan fingerprint density at radius 1 is 1.33 bits per heavy atom. The van der Waals surface area contributed by atoms with Crippen LogP contribution in [0.5, 0.6) is 0 Å². The van der Waals surface area contributed by atoms with Crippen LogP contribution in [0.15, 0.2) is 45.6 Å². The van der Waals surface area contributed by atoms with Crippen molar-refractivity contribution in [2.24, 2.45) is 0 Å². The molecule has 3 nitrogen and oxygen atoms in total. The summed E-state index contributed by atoms with van der Waals surface area (Å²) in [4.78, 5) is 15.5. The highest BCUT2D eigenvalue weighted by Gasteiger charge is 2.19. The van der Waals surface area contributed by atoms with Crippen LogP contribution in [-0.2, 0) is 0 Å². The number of aromatic amines is 1. The summed E-state index contributed by atoms with van der Waals surface area (Å²) in [5, 5.41) is 0.887. The average Bonchev–Trinajstić information content (AvgIpc) is 2.95.